The Labute approximate surface area is 165 Å². The van der Waals surface area contributed by atoms with Gasteiger partial charge in [-0.05, 0) is 37.1 Å². The van der Waals surface area contributed by atoms with E-state index in [4.69, 9.17) is 9.47 Å². The second-order valence-corrected chi connectivity index (χ2v) is 9.45. The van der Waals surface area contributed by atoms with Crippen molar-refractivity contribution in [3.63, 3.8) is 0 Å². The highest BCUT2D eigenvalue weighted by Crippen LogP contribution is 2.32. The quantitative estimate of drug-likeness (QED) is 0.518. The molecule has 3 rings (SSSR count). The molecule has 1 N–H and O–H groups in total. The molecule has 1 aromatic rings. The number of nitrogens with one attached hydrogen (secondary N) is 1. The molecule has 0 saturated carbocycles. The predicted molar refractivity (Wildman–Crippen MR) is 102 cm³/mol. The van der Waals surface area contributed by atoms with Crippen molar-refractivity contribution < 1.29 is 27.5 Å². The third-order valence-electron chi connectivity index (χ3n) is 5.01. The molecule has 8 nitrogen and oxygen atoms in total. The Morgan fingerprint density at radius 1 is 1.07 bits per heavy atom. The molecule has 2 heterocycles. The van der Waals surface area contributed by atoms with Crippen LogP contribution in [0.4, 0.5) is 5.69 Å². The fourth-order valence-corrected chi connectivity index (χ4v) is 4.47. The fraction of sp³-hybridized carbons (Fsp3) is 0.579. The van der Waals surface area contributed by atoms with E-state index in [1.807, 2.05) is 13.8 Å². The van der Waals surface area contributed by atoms with Gasteiger partial charge in [-0.25, -0.2) is 13.1 Å². The third-order valence-corrected chi connectivity index (χ3v) is 6.48. The molecule has 2 aliphatic heterocycles. The van der Waals surface area contributed by atoms with Crippen LogP contribution in [0.2, 0.25) is 0 Å². The van der Waals surface area contributed by atoms with Crippen LogP contribution in [-0.4, -0.2) is 46.3 Å². The molecule has 0 atom stereocenters. The van der Waals surface area contributed by atoms with Gasteiger partial charge in [0, 0.05) is 24.8 Å². The number of rotatable bonds is 8. The van der Waals surface area contributed by atoms with E-state index in [2.05, 4.69) is 4.72 Å². The lowest BCUT2D eigenvalue weighted by atomic mass is 9.87. The first-order chi connectivity index (χ1) is 13.2. The van der Waals surface area contributed by atoms with Crippen molar-refractivity contribution in [1.82, 2.24) is 4.72 Å². The molecule has 0 unspecified atom stereocenters. The molecule has 0 aromatic heterocycles. The minimum absolute atomic E-state index is 0.0945. The van der Waals surface area contributed by atoms with Crippen LogP contribution < -0.4 is 9.62 Å². The monoisotopic (exact) mass is 410 g/mol. The smallest absolute Gasteiger partial charge is 0.240 e. The van der Waals surface area contributed by atoms with Gasteiger partial charge in [-0.1, -0.05) is 13.8 Å². The molecule has 0 radical (unpaired) electrons. The highest BCUT2D eigenvalue weighted by molar-refractivity contribution is 7.89. The zero-order valence-corrected chi connectivity index (χ0v) is 17.0. The highest BCUT2D eigenvalue weighted by Gasteiger charge is 2.34. The zero-order valence-electron chi connectivity index (χ0n) is 16.1. The number of sulfonamides is 1. The largest absolute Gasteiger partial charge is 0.350 e. The lowest BCUT2D eigenvalue weighted by molar-refractivity contribution is -0.122. The SMILES string of the molecule is CC(C)(CCCNS(=O)(=O)c1ccc(N2C(=O)CCC2=O)cc1)C1OCCO1. The average molecular weight is 410 g/mol. The first-order valence-electron chi connectivity index (χ1n) is 9.39. The minimum Gasteiger partial charge on any atom is -0.350 e. The molecule has 1 aromatic carbocycles. The molecule has 9 heteroatoms. The maximum Gasteiger partial charge on any atom is 0.240 e. The van der Waals surface area contributed by atoms with Gasteiger partial charge in [-0.15, -0.1) is 0 Å². The number of imide groups is 1. The summed E-state index contributed by atoms with van der Waals surface area (Å²) in [7, 11) is -3.67. The number of hydrogen-bond donors (Lipinski definition) is 1. The van der Waals surface area contributed by atoms with Gasteiger partial charge in [0.2, 0.25) is 21.8 Å². The Bertz CT molecular complexity index is 812. The number of benzene rings is 1. The number of carbonyl (C=O) groups excluding carboxylic acids is 2. The van der Waals surface area contributed by atoms with Crippen LogP contribution in [0.3, 0.4) is 0 Å². The molecular weight excluding hydrogens is 384 g/mol. The van der Waals surface area contributed by atoms with E-state index >= 15 is 0 Å². The molecule has 2 fully saturated rings. The van der Waals surface area contributed by atoms with E-state index in [1.165, 1.54) is 24.3 Å². The van der Waals surface area contributed by atoms with Gasteiger partial charge in [0.05, 0.1) is 23.8 Å². The van der Waals surface area contributed by atoms with Gasteiger partial charge in [-0.3, -0.25) is 14.5 Å². The van der Waals surface area contributed by atoms with E-state index in [0.717, 1.165) is 11.3 Å². The third kappa shape index (κ3) is 4.60. The predicted octanol–water partition coefficient (Wildman–Crippen LogP) is 1.80. The summed E-state index contributed by atoms with van der Waals surface area (Å²) in [6.45, 7) is 5.55. The molecule has 0 bridgehead atoms. The summed E-state index contributed by atoms with van der Waals surface area (Å²) in [6, 6.07) is 5.77. The second kappa shape index (κ2) is 8.28. The topological polar surface area (TPSA) is 102 Å². The second-order valence-electron chi connectivity index (χ2n) is 7.68. The number of ether oxygens (including phenoxy) is 2. The van der Waals surface area contributed by atoms with Crippen molar-refractivity contribution in [3.8, 4) is 0 Å². The summed E-state index contributed by atoms with van der Waals surface area (Å²) in [6.07, 6.45) is 1.51. The molecule has 0 aliphatic carbocycles. The maximum atomic E-state index is 12.5. The average Bonchev–Trinajstić information content (AvgIpc) is 3.30. The van der Waals surface area contributed by atoms with Crippen molar-refractivity contribution in [2.24, 2.45) is 5.41 Å². The Hall–Kier alpha value is -1.81. The van der Waals surface area contributed by atoms with Crippen molar-refractivity contribution in [3.05, 3.63) is 24.3 Å². The van der Waals surface area contributed by atoms with Crippen molar-refractivity contribution in [2.75, 3.05) is 24.7 Å². The number of carbonyl (C=O) groups is 2. The van der Waals surface area contributed by atoms with Gasteiger partial charge in [0.25, 0.3) is 0 Å². The van der Waals surface area contributed by atoms with Gasteiger partial charge in [-0.2, -0.15) is 0 Å². The molecule has 28 heavy (non-hydrogen) atoms. The summed E-state index contributed by atoms with van der Waals surface area (Å²) in [5.74, 6) is -0.534. The van der Waals surface area contributed by atoms with E-state index in [1.54, 1.807) is 0 Å². The van der Waals surface area contributed by atoms with Gasteiger partial charge < -0.3 is 9.47 Å². The summed E-state index contributed by atoms with van der Waals surface area (Å²) >= 11 is 0. The molecule has 2 amide bonds. The van der Waals surface area contributed by atoms with Crippen LogP contribution in [-0.2, 0) is 29.1 Å². The summed E-state index contributed by atoms with van der Waals surface area (Å²) in [5.41, 5.74) is 0.197. The zero-order chi connectivity index (χ0) is 20.4. The molecule has 0 spiro atoms. The van der Waals surface area contributed by atoms with Crippen LogP contribution >= 0.6 is 0 Å². The van der Waals surface area contributed by atoms with Crippen molar-refractivity contribution >= 4 is 27.5 Å². The van der Waals surface area contributed by atoms with Crippen LogP contribution in [0.1, 0.15) is 39.5 Å². The van der Waals surface area contributed by atoms with E-state index in [-0.39, 0.29) is 41.3 Å². The Morgan fingerprint density at radius 2 is 1.64 bits per heavy atom. The summed E-state index contributed by atoms with van der Waals surface area (Å²) < 4.78 is 38.6. The minimum atomic E-state index is -3.67. The van der Waals surface area contributed by atoms with Crippen molar-refractivity contribution in [1.29, 1.82) is 0 Å². The molecule has 2 saturated heterocycles. The Balaban J connectivity index is 1.54. The highest BCUT2D eigenvalue weighted by atomic mass is 32.2. The van der Waals surface area contributed by atoms with E-state index in [0.29, 0.717) is 31.9 Å². The number of amides is 2. The first kappa shape index (κ1) is 20.9. The number of anilines is 1. The number of nitrogens with zero attached hydrogens (tertiary/aromatic N) is 1. The van der Waals surface area contributed by atoms with Gasteiger partial charge >= 0.3 is 0 Å². The normalized spacial score (nSPS) is 19.0. The van der Waals surface area contributed by atoms with E-state index in [9.17, 15) is 18.0 Å². The fourth-order valence-electron chi connectivity index (χ4n) is 3.40. The van der Waals surface area contributed by atoms with Crippen LogP contribution in [0.5, 0.6) is 0 Å². The lowest BCUT2D eigenvalue weighted by Crippen LogP contribution is -2.32. The summed E-state index contributed by atoms with van der Waals surface area (Å²) in [4.78, 5) is 24.7. The van der Waals surface area contributed by atoms with Crippen molar-refractivity contribution in [2.45, 2.75) is 50.7 Å². The maximum absolute atomic E-state index is 12.5. The van der Waals surface area contributed by atoms with Crippen LogP contribution in [0.25, 0.3) is 0 Å². The Kier molecular flexibility index (Phi) is 6.18. The lowest BCUT2D eigenvalue weighted by Gasteiger charge is -2.29. The van der Waals surface area contributed by atoms with Crippen LogP contribution in [0, 0.1) is 5.41 Å². The van der Waals surface area contributed by atoms with Gasteiger partial charge in [0.15, 0.2) is 6.29 Å². The Morgan fingerprint density at radius 3 is 2.21 bits per heavy atom. The molecule has 154 valence electrons. The van der Waals surface area contributed by atoms with Gasteiger partial charge in [0.1, 0.15) is 0 Å². The first-order valence-corrected chi connectivity index (χ1v) is 10.9. The number of hydrogen-bond acceptors (Lipinski definition) is 6. The standard InChI is InChI=1S/C19H26N2O6S/c1-19(2,18-26-12-13-27-18)10-3-11-20-28(24,25)15-6-4-14(5-7-15)21-16(22)8-9-17(21)23/h4-7,18,20H,3,8-13H2,1-2H3. The summed E-state index contributed by atoms with van der Waals surface area (Å²) in [5, 5.41) is 0. The molecular formula is C19H26N2O6S. The molecule has 2 aliphatic rings. The van der Waals surface area contributed by atoms with E-state index < -0.39 is 10.0 Å². The van der Waals surface area contributed by atoms with Crippen LogP contribution in [0.15, 0.2) is 29.2 Å².